The summed E-state index contributed by atoms with van der Waals surface area (Å²) in [7, 11) is 0. The van der Waals surface area contributed by atoms with Crippen molar-refractivity contribution in [1.29, 1.82) is 0 Å². The molecule has 0 atom stereocenters. The Morgan fingerprint density at radius 3 is 1.78 bits per heavy atom. The van der Waals surface area contributed by atoms with Crippen LogP contribution in [0.2, 0.25) is 10.0 Å². The molecule has 0 aliphatic carbocycles. The zero-order chi connectivity index (χ0) is 18.9. The summed E-state index contributed by atoms with van der Waals surface area (Å²) in [5, 5.41) is 13.0. The van der Waals surface area contributed by atoms with Crippen molar-refractivity contribution >= 4 is 23.2 Å². The number of halogens is 2. The van der Waals surface area contributed by atoms with E-state index in [0.29, 0.717) is 32.7 Å². The third kappa shape index (κ3) is 3.37. The smallest absolute Gasteiger partial charge is 0.156 e. The van der Waals surface area contributed by atoms with Crippen molar-refractivity contribution in [2.75, 3.05) is 0 Å². The highest BCUT2D eigenvalue weighted by molar-refractivity contribution is 6.30. The van der Waals surface area contributed by atoms with Gasteiger partial charge in [-0.15, -0.1) is 0 Å². The number of hydrogen-bond acceptors (Lipinski definition) is 2. The maximum Gasteiger partial charge on any atom is 0.156 e. The van der Waals surface area contributed by atoms with E-state index in [4.69, 9.17) is 23.2 Å². The van der Waals surface area contributed by atoms with Crippen LogP contribution in [0, 0.1) is 0 Å². The number of aliphatic hydroxyl groups is 1. The summed E-state index contributed by atoms with van der Waals surface area (Å²) in [5.41, 5.74) is 1.44. The number of benzene rings is 3. The van der Waals surface area contributed by atoms with Gasteiger partial charge in [-0.3, -0.25) is 0 Å². The van der Waals surface area contributed by atoms with Crippen molar-refractivity contribution in [1.82, 2.24) is 9.97 Å². The largest absolute Gasteiger partial charge is 0.374 e. The molecule has 5 heteroatoms. The van der Waals surface area contributed by atoms with Gasteiger partial charge in [-0.05, 0) is 35.4 Å². The van der Waals surface area contributed by atoms with Crippen LogP contribution >= 0.6 is 23.2 Å². The van der Waals surface area contributed by atoms with E-state index in [-0.39, 0.29) is 0 Å². The quantitative estimate of drug-likeness (QED) is 0.468. The first-order chi connectivity index (χ1) is 13.1. The van der Waals surface area contributed by atoms with E-state index in [9.17, 15) is 5.11 Å². The van der Waals surface area contributed by atoms with Gasteiger partial charge in [0.05, 0.1) is 11.9 Å². The molecule has 0 saturated carbocycles. The van der Waals surface area contributed by atoms with Gasteiger partial charge in [0.1, 0.15) is 5.82 Å². The molecule has 3 nitrogen and oxygen atoms in total. The molecule has 1 heterocycles. The summed E-state index contributed by atoms with van der Waals surface area (Å²) in [5.74, 6) is 0.687. The molecule has 1 aromatic heterocycles. The van der Waals surface area contributed by atoms with Crippen LogP contribution in [0.25, 0.3) is 11.4 Å². The molecular formula is C22H16Cl2N2O. The summed E-state index contributed by atoms with van der Waals surface area (Å²) in [4.78, 5) is 7.74. The molecule has 4 rings (SSSR count). The standard InChI is InChI=1S/C22H16Cl2N2O/c23-18-10-6-16(7-11-18)22(27,17-8-12-19(24)13-9-17)20-14-25-21(26-20)15-4-2-1-3-5-15/h1-14,27H,(H,25,26). The molecule has 2 N–H and O–H groups in total. The fourth-order valence-corrected chi connectivity index (χ4v) is 3.36. The number of rotatable bonds is 4. The highest BCUT2D eigenvalue weighted by Gasteiger charge is 2.36. The van der Waals surface area contributed by atoms with Crippen molar-refractivity contribution in [3.8, 4) is 11.4 Å². The Hall–Kier alpha value is -2.59. The molecule has 0 aliphatic rings. The normalized spacial score (nSPS) is 11.5. The third-order valence-electron chi connectivity index (χ3n) is 4.54. The molecule has 0 fully saturated rings. The predicted octanol–water partition coefficient (Wildman–Crippen LogP) is 5.67. The minimum atomic E-state index is -1.42. The first kappa shape index (κ1) is 17.8. The third-order valence-corrected chi connectivity index (χ3v) is 5.04. The van der Waals surface area contributed by atoms with E-state index in [2.05, 4.69) is 9.97 Å². The Balaban J connectivity index is 1.87. The molecule has 0 unspecified atom stereocenters. The van der Waals surface area contributed by atoms with Crippen molar-refractivity contribution in [3.63, 3.8) is 0 Å². The van der Waals surface area contributed by atoms with Gasteiger partial charge in [0, 0.05) is 15.6 Å². The number of nitrogens with one attached hydrogen (secondary N) is 1. The Morgan fingerprint density at radius 1 is 0.741 bits per heavy atom. The Morgan fingerprint density at radius 2 is 1.26 bits per heavy atom. The second-order valence-corrected chi connectivity index (χ2v) is 7.11. The van der Waals surface area contributed by atoms with Gasteiger partial charge in [0.15, 0.2) is 5.60 Å². The minimum Gasteiger partial charge on any atom is -0.374 e. The van der Waals surface area contributed by atoms with Crippen molar-refractivity contribution < 1.29 is 5.11 Å². The van der Waals surface area contributed by atoms with Crippen LogP contribution in [0.4, 0.5) is 0 Å². The fraction of sp³-hybridized carbons (Fsp3) is 0.0455. The van der Waals surface area contributed by atoms with Crippen LogP contribution in [0.5, 0.6) is 0 Å². The highest BCUT2D eigenvalue weighted by Crippen LogP contribution is 2.37. The number of imidazole rings is 1. The van der Waals surface area contributed by atoms with Gasteiger partial charge < -0.3 is 10.1 Å². The summed E-state index contributed by atoms with van der Waals surface area (Å²) in [6, 6.07) is 24.0. The average Bonchev–Trinajstić information content (AvgIpc) is 3.20. The topological polar surface area (TPSA) is 48.9 Å². The molecule has 134 valence electrons. The summed E-state index contributed by atoms with van der Waals surface area (Å²) in [6.07, 6.45) is 1.66. The van der Waals surface area contributed by atoms with Crippen molar-refractivity contribution in [2.24, 2.45) is 0 Å². The van der Waals surface area contributed by atoms with Crippen LogP contribution in [0.3, 0.4) is 0 Å². The van der Waals surface area contributed by atoms with Gasteiger partial charge in [-0.25, -0.2) is 4.98 Å². The first-order valence-electron chi connectivity index (χ1n) is 8.43. The van der Waals surface area contributed by atoms with E-state index in [1.165, 1.54) is 0 Å². The number of aromatic amines is 1. The van der Waals surface area contributed by atoms with E-state index in [0.717, 1.165) is 5.56 Å². The van der Waals surface area contributed by atoms with Crippen molar-refractivity contribution in [2.45, 2.75) is 5.60 Å². The van der Waals surface area contributed by atoms with Gasteiger partial charge in [0.2, 0.25) is 0 Å². The predicted molar refractivity (Wildman–Crippen MR) is 109 cm³/mol. The van der Waals surface area contributed by atoms with E-state index >= 15 is 0 Å². The monoisotopic (exact) mass is 394 g/mol. The molecule has 0 aliphatic heterocycles. The lowest BCUT2D eigenvalue weighted by Gasteiger charge is -2.28. The van der Waals surface area contributed by atoms with E-state index < -0.39 is 5.60 Å². The van der Waals surface area contributed by atoms with Gasteiger partial charge in [0.25, 0.3) is 0 Å². The second-order valence-electron chi connectivity index (χ2n) is 6.24. The van der Waals surface area contributed by atoms with Crippen LogP contribution in [-0.2, 0) is 5.60 Å². The average molecular weight is 395 g/mol. The molecule has 0 amide bonds. The van der Waals surface area contributed by atoms with Crippen LogP contribution < -0.4 is 0 Å². The minimum absolute atomic E-state index is 0.561. The zero-order valence-corrected chi connectivity index (χ0v) is 15.7. The molecular weight excluding hydrogens is 379 g/mol. The number of aromatic nitrogens is 2. The molecule has 0 bridgehead atoms. The second kappa shape index (κ2) is 7.20. The van der Waals surface area contributed by atoms with Crippen LogP contribution in [0.1, 0.15) is 16.8 Å². The number of H-pyrrole nitrogens is 1. The molecule has 0 saturated heterocycles. The van der Waals surface area contributed by atoms with Gasteiger partial charge in [-0.1, -0.05) is 77.8 Å². The maximum atomic E-state index is 11.8. The molecule has 27 heavy (non-hydrogen) atoms. The van der Waals surface area contributed by atoms with Crippen molar-refractivity contribution in [3.05, 3.63) is 112 Å². The summed E-state index contributed by atoms with van der Waals surface area (Å²) < 4.78 is 0. The van der Waals surface area contributed by atoms with Gasteiger partial charge in [-0.2, -0.15) is 0 Å². The van der Waals surface area contributed by atoms with Gasteiger partial charge >= 0.3 is 0 Å². The number of hydrogen-bond donors (Lipinski definition) is 2. The molecule has 3 aromatic carbocycles. The summed E-state index contributed by atoms with van der Waals surface area (Å²) >= 11 is 12.1. The fourth-order valence-electron chi connectivity index (χ4n) is 3.11. The first-order valence-corrected chi connectivity index (χ1v) is 9.18. The lowest BCUT2D eigenvalue weighted by molar-refractivity contribution is 0.121. The molecule has 0 radical (unpaired) electrons. The Bertz CT molecular complexity index is 996. The highest BCUT2D eigenvalue weighted by atomic mass is 35.5. The SMILES string of the molecule is OC(c1ccc(Cl)cc1)(c1ccc(Cl)cc1)c1cnc(-c2ccccc2)[nH]1. The number of nitrogens with zero attached hydrogens (tertiary/aromatic N) is 1. The lowest BCUT2D eigenvalue weighted by atomic mass is 9.84. The van der Waals surface area contributed by atoms with E-state index in [1.54, 1.807) is 54.7 Å². The van der Waals surface area contributed by atoms with Crippen LogP contribution in [0.15, 0.2) is 85.1 Å². The Kier molecular flexibility index (Phi) is 4.75. The van der Waals surface area contributed by atoms with Crippen LogP contribution in [-0.4, -0.2) is 15.1 Å². The zero-order valence-electron chi connectivity index (χ0n) is 14.2. The molecule has 4 aromatic rings. The maximum absolute atomic E-state index is 11.8. The summed E-state index contributed by atoms with van der Waals surface area (Å²) in [6.45, 7) is 0. The van der Waals surface area contributed by atoms with E-state index in [1.807, 2.05) is 30.3 Å². The molecule has 0 spiro atoms. The lowest BCUT2D eigenvalue weighted by Crippen LogP contribution is -2.29. The Labute approximate surface area is 167 Å².